The highest BCUT2D eigenvalue weighted by Crippen LogP contribution is 2.44. The zero-order valence-electron chi connectivity index (χ0n) is 12.1. The number of amides is 1. The highest BCUT2D eigenvalue weighted by atomic mass is 16.2. The number of hydrogen-bond donors (Lipinski definition) is 1. The highest BCUT2D eigenvalue weighted by molar-refractivity contribution is 5.87. The molecular weight excluding hydrogens is 238 g/mol. The Bertz CT molecular complexity index is 406. The quantitative estimate of drug-likeness (QED) is 0.767. The van der Waals surface area contributed by atoms with E-state index in [0.717, 1.165) is 25.6 Å². The summed E-state index contributed by atoms with van der Waals surface area (Å²) in [5.41, 5.74) is 0.194. The first-order valence-corrected chi connectivity index (χ1v) is 7.92. The number of likely N-dealkylation sites (tertiary alicyclic amines) is 2. The van der Waals surface area contributed by atoms with Crippen molar-refractivity contribution in [1.29, 1.82) is 0 Å². The third-order valence-electron chi connectivity index (χ3n) is 5.75. The Morgan fingerprint density at radius 2 is 2.00 bits per heavy atom. The van der Waals surface area contributed by atoms with Gasteiger partial charge in [-0.3, -0.25) is 15.0 Å². The van der Waals surface area contributed by atoms with E-state index in [1.165, 1.54) is 25.7 Å². The number of hydrogen-bond acceptors (Lipinski definition) is 3. The predicted octanol–water partition coefficient (Wildman–Crippen LogP) is 0.822. The van der Waals surface area contributed by atoms with Gasteiger partial charge in [0.1, 0.15) is 6.04 Å². The Labute approximate surface area is 115 Å². The molecular formula is C15H25N3O. The van der Waals surface area contributed by atoms with Gasteiger partial charge in [0, 0.05) is 31.7 Å². The van der Waals surface area contributed by atoms with Crippen LogP contribution in [0, 0.1) is 5.92 Å². The third-order valence-corrected chi connectivity index (χ3v) is 5.75. The maximum Gasteiger partial charge on any atom is 0.241 e. The second kappa shape index (κ2) is 3.95. The molecule has 3 heterocycles. The van der Waals surface area contributed by atoms with Crippen molar-refractivity contribution in [3.8, 4) is 0 Å². The van der Waals surface area contributed by atoms with Crippen LogP contribution in [0.5, 0.6) is 0 Å². The maximum absolute atomic E-state index is 12.6. The molecule has 3 saturated heterocycles. The van der Waals surface area contributed by atoms with Crippen LogP contribution in [0.2, 0.25) is 0 Å². The van der Waals surface area contributed by atoms with Gasteiger partial charge in [-0.05, 0) is 45.4 Å². The minimum Gasteiger partial charge on any atom is -0.334 e. The average Bonchev–Trinajstić information content (AvgIpc) is 3.22. The summed E-state index contributed by atoms with van der Waals surface area (Å²) < 4.78 is 0. The summed E-state index contributed by atoms with van der Waals surface area (Å²) in [5, 5.41) is 3.42. The number of nitrogens with one attached hydrogen (secondary N) is 1. The van der Waals surface area contributed by atoms with Crippen LogP contribution in [0.4, 0.5) is 0 Å². The van der Waals surface area contributed by atoms with E-state index < -0.39 is 0 Å². The van der Waals surface area contributed by atoms with Gasteiger partial charge in [0.25, 0.3) is 0 Å². The molecule has 1 saturated carbocycles. The smallest absolute Gasteiger partial charge is 0.241 e. The summed E-state index contributed by atoms with van der Waals surface area (Å²) in [6.45, 7) is 7.76. The van der Waals surface area contributed by atoms with Crippen LogP contribution in [0.1, 0.15) is 39.5 Å². The number of carbonyl (C=O) groups excluding carboxylic acids is 1. The summed E-state index contributed by atoms with van der Waals surface area (Å²) in [7, 11) is 0. The van der Waals surface area contributed by atoms with Crippen molar-refractivity contribution < 1.29 is 4.79 Å². The SMILES string of the molecule is CC(C)N1CCC2(CCN2C(=O)C2NC2C2CC2)C1. The molecule has 0 aromatic rings. The standard InChI is InChI=1S/C15H25N3O/c1-10(2)17-7-5-15(9-17)6-8-18(15)14(19)13-12(16-13)11-3-4-11/h10-13,16H,3-9H2,1-2H3. The highest BCUT2D eigenvalue weighted by Gasteiger charge is 2.58. The molecule has 1 aliphatic carbocycles. The van der Waals surface area contributed by atoms with Crippen LogP contribution in [0.15, 0.2) is 0 Å². The van der Waals surface area contributed by atoms with Crippen molar-refractivity contribution in [1.82, 2.24) is 15.1 Å². The first-order valence-electron chi connectivity index (χ1n) is 7.92. The first kappa shape index (κ1) is 12.2. The molecule has 1 N–H and O–H groups in total. The van der Waals surface area contributed by atoms with Crippen LogP contribution in [0.25, 0.3) is 0 Å². The van der Waals surface area contributed by atoms with Gasteiger partial charge in [0.05, 0.1) is 5.54 Å². The lowest BCUT2D eigenvalue weighted by atomic mass is 9.83. The zero-order valence-corrected chi connectivity index (χ0v) is 12.1. The van der Waals surface area contributed by atoms with Crippen molar-refractivity contribution in [2.24, 2.45) is 5.92 Å². The molecule has 4 aliphatic rings. The summed E-state index contributed by atoms with van der Waals surface area (Å²) in [4.78, 5) is 17.3. The van der Waals surface area contributed by atoms with Gasteiger partial charge in [-0.15, -0.1) is 0 Å². The van der Waals surface area contributed by atoms with Crippen molar-refractivity contribution >= 4 is 5.91 Å². The molecule has 1 spiro atoms. The van der Waals surface area contributed by atoms with Gasteiger partial charge in [0.2, 0.25) is 5.91 Å². The molecule has 3 unspecified atom stereocenters. The molecule has 19 heavy (non-hydrogen) atoms. The van der Waals surface area contributed by atoms with E-state index in [1.807, 2.05) is 0 Å². The average molecular weight is 263 g/mol. The number of nitrogens with zero attached hydrogens (tertiary/aromatic N) is 2. The molecule has 3 aliphatic heterocycles. The largest absolute Gasteiger partial charge is 0.334 e. The lowest BCUT2D eigenvalue weighted by Gasteiger charge is -2.51. The fraction of sp³-hybridized carbons (Fsp3) is 0.933. The van der Waals surface area contributed by atoms with Crippen LogP contribution in [-0.2, 0) is 4.79 Å². The normalized spacial score (nSPS) is 41.9. The van der Waals surface area contributed by atoms with Crippen molar-refractivity contribution in [2.45, 2.75) is 63.2 Å². The molecule has 4 fully saturated rings. The topological polar surface area (TPSA) is 45.5 Å². The molecule has 106 valence electrons. The van der Waals surface area contributed by atoms with Crippen LogP contribution in [-0.4, -0.2) is 59.0 Å². The lowest BCUT2D eigenvalue weighted by Crippen LogP contribution is -2.64. The summed E-state index contributed by atoms with van der Waals surface area (Å²) in [5.74, 6) is 1.20. The Kier molecular flexibility index (Phi) is 2.53. The van der Waals surface area contributed by atoms with E-state index in [2.05, 4.69) is 29.0 Å². The van der Waals surface area contributed by atoms with Crippen molar-refractivity contribution in [3.05, 3.63) is 0 Å². The molecule has 4 nitrogen and oxygen atoms in total. The van der Waals surface area contributed by atoms with Gasteiger partial charge in [-0.2, -0.15) is 0 Å². The molecule has 4 heteroatoms. The summed E-state index contributed by atoms with van der Waals surface area (Å²) in [6.07, 6.45) is 5.04. The van der Waals surface area contributed by atoms with Crippen LogP contribution < -0.4 is 5.32 Å². The maximum atomic E-state index is 12.6. The van der Waals surface area contributed by atoms with Crippen molar-refractivity contribution in [3.63, 3.8) is 0 Å². The van der Waals surface area contributed by atoms with Gasteiger partial charge in [-0.1, -0.05) is 0 Å². The molecule has 0 aromatic carbocycles. The van der Waals surface area contributed by atoms with E-state index in [9.17, 15) is 4.79 Å². The molecule has 4 rings (SSSR count). The van der Waals surface area contributed by atoms with Gasteiger partial charge in [0.15, 0.2) is 0 Å². The Balaban J connectivity index is 1.41. The summed E-state index contributed by atoms with van der Waals surface area (Å²) >= 11 is 0. The van der Waals surface area contributed by atoms with E-state index >= 15 is 0 Å². The van der Waals surface area contributed by atoms with Gasteiger partial charge >= 0.3 is 0 Å². The Hall–Kier alpha value is -0.610. The first-order chi connectivity index (χ1) is 9.11. The molecule has 0 radical (unpaired) electrons. The molecule has 0 aromatic heterocycles. The van der Waals surface area contributed by atoms with Gasteiger partial charge < -0.3 is 4.90 Å². The molecule has 3 atom stereocenters. The van der Waals surface area contributed by atoms with Crippen molar-refractivity contribution in [2.75, 3.05) is 19.6 Å². The number of carbonyl (C=O) groups is 1. The predicted molar refractivity (Wildman–Crippen MR) is 73.8 cm³/mol. The fourth-order valence-electron chi connectivity index (χ4n) is 4.04. The number of rotatable bonds is 3. The third kappa shape index (κ3) is 1.83. The van der Waals surface area contributed by atoms with E-state index in [0.29, 0.717) is 18.0 Å². The zero-order chi connectivity index (χ0) is 13.2. The van der Waals surface area contributed by atoms with Crippen LogP contribution >= 0.6 is 0 Å². The van der Waals surface area contributed by atoms with E-state index in [1.54, 1.807) is 0 Å². The second-order valence-corrected chi connectivity index (χ2v) is 7.29. The van der Waals surface area contributed by atoms with E-state index in [4.69, 9.17) is 0 Å². The van der Waals surface area contributed by atoms with Gasteiger partial charge in [-0.25, -0.2) is 0 Å². The Morgan fingerprint density at radius 3 is 2.53 bits per heavy atom. The molecule has 0 bridgehead atoms. The minimum atomic E-state index is 0.165. The lowest BCUT2D eigenvalue weighted by molar-refractivity contribution is -0.146. The molecule has 1 amide bonds. The van der Waals surface area contributed by atoms with Crippen LogP contribution in [0.3, 0.4) is 0 Å². The minimum absolute atomic E-state index is 0.165. The summed E-state index contributed by atoms with van der Waals surface area (Å²) in [6, 6.07) is 1.29. The van der Waals surface area contributed by atoms with E-state index in [-0.39, 0.29) is 11.6 Å². The fourth-order valence-corrected chi connectivity index (χ4v) is 4.04. The monoisotopic (exact) mass is 263 g/mol. The Morgan fingerprint density at radius 1 is 1.26 bits per heavy atom. The second-order valence-electron chi connectivity index (χ2n) is 7.29.